The van der Waals surface area contributed by atoms with Gasteiger partial charge < -0.3 is 15.1 Å². The number of amides is 1. The van der Waals surface area contributed by atoms with Crippen molar-refractivity contribution in [1.29, 1.82) is 0 Å². The summed E-state index contributed by atoms with van der Waals surface area (Å²) in [6.07, 6.45) is 3.74. The molecule has 0 saturated carbocycles. The van der Waals surface area contributed by atoms with E-state index in [1.807, 2.05) is 31.2 Å². The predicted molar refractivity (Wildman–Crippen MR) is 114 cm³/mol. The van der Waals surface area contributed by atoms with Crippen molar-refractivity contribution >= 4 is 34.3 Å². The van der Waals surface area contributed by atoms with Crippen LogP contribution in [0, 0.1) is 0 Å². The van der Waals surface area contributed by atoms with E-state index in [2.05, 4.69) is 9.98 Å². The maximum absolute atomic E-state index is 13.1. The summed E-state index contributed by atoms with van der Waals surface area (Å²) in [4.78, 5) is 23.6. The maximum atomic E-state index is 13.1. The number of halogens is 1. The number of carbonyl (C=O) groups is 1. The molecule has 1 atom stereocenters. The summed E-state index contributed by atoms with van der Waals surface area (Å²) in [5.41, 5.74) is 11.6. The largest absolute Gasteiger partial charge is 0.463 e. The van der Waals surface area contributed by atoms with Crippen LogP contribution in [0.1, 0.15) is 29.3 Å². The van der Waals surface area contributed by atoms with Crippen LogP contribution in [-0.4, -0.2) is 41.1 Å². The number of aliphatic imine (C=N–C) groups is 1. The van der Waals surface area contributed by atoms with Gasteiger partial charge in [0.05, 0.1) is 23.6 Å². The van der Waals surface area contributed by atoms with Crippen molar-refractivity contribution in [2.75, 3.05) is 13.6 Å². The minimum atomic E-state index is -0.269. The Kier molecular flexibility index (Phi) is 5.11. The number of carbonyl (C=O) groups excluding carboxylic acids is 1. The van der Waals surface area contributed by atoms with E-state index in [0.717, 1.165) is 22.4 Å². The molecule has 148 valence electrons. The zero-order valence-electron chi connectivity index (χ0n) is 16.2. The van der Waals surface area contributed by atoms with Crippen LogP contribution in [0.4, 0.5) is 0 Å². The number of hydrogen-bond donors (Lipinski definition) is 1. The molecule has 0 aliphatic carbocycles. The van der Waals surface area contributed by atoms with E-state index in [9.17, 15) is 4.79 Å². The SMILES string of the molecule is CN=C(C1=C(N)[C@@H](C)N(C(=O)c2cnc3ccoc3c2)CC1)c1cccc(Cl)c1. The van der Waals surface area contributed by atoms with Crippen LogP contribution in [0.3, 0.4) is 0 Å². The number of nitrogens with two attached hydrogens (primary N) is 1. The molecule has 1 amide bonds. The fraction of sp³-hybridized carbons (Fsp3) is 0.227. The summed E-state index contributed by atoms with van der Waals surface area (Å²) in [5.74, 6) is -0.122. The molecule has 2 N–H and O–H groups in total. The first-order chi connectivity index (χ1) is 14.0. The molecule has 1 aliphatic rings. The van der Waals surface area contributed by atoms with E-state index in [1.54, 1.807) is 36.5 Å². The first kappa shape index (κ1) is 19.2. The Morgan fingerprint density at radius 2 is 2.14 bits per heavy atom. The molecule has 0 bridgehead atoms. The summed E-state index contributed by atoms with van der Waals surface area (Å²) in [6, 6.07) is 10.8. The molecule has 2 aromatic heterocycles. The lowest BCUT2D eigenvalue weighted by Gasteiger charge is -2.36. The summed E-state index contributed by atoms with van der Waals surface area (Å²) in [7, 11) is 1.74. The normalized spacial score (nSPS) is 17.8. The molecule has 0 radical (unpaired) electrons. The summed E-state index contributed by atoms with van der Waals surface area (Å²) >= 11 is 6.15. The summed E-state index contributed by atoms with van der Waals surface area (Å²) in [5, 5.41) is 0.643. The Morgan fingerprint density at radius 3 is 2.90 bits per heavy atom. The molecule has 1 aromatic carbocycles. The molecule has 0 fully saturated rings. The highest BCUT2D eigenvalue weighted by molar-refractivity contribution is 6.31. The van der Waals surface area contributed by atoms with Gasteiger partial charge >= 0.3 is 0 Å². The van der Waals surface area contributed by atoms with E-state index in [4.69, 9.17) is 21.8 Å². The van der Waals surface area contributed by atoms with Crippen LogP contribution in [0.5, 0.6) is 0 Å². The fourth-order valence-electron chi connectivity index (χ4n) is 3.73. The number of pyridine rings is 1. The molecule has 7 heteroatoms. The van der Waals surface area contributed by atoms with Gasteiger partial charge in [0.2, 0.25) is 0 Å². The fourth-order valence-corrected chi connectivity index (χ4v) is 3.92. The smallest absolute Gasteiger partial charge is 0.256 e. The monoisotopic (exact) mass is 408 g/mol. The van der Waals surface area contributed by atoms with E-state index in [0.29, 0.717) is 34.8 Å². The van der Waals surface area contributed by atoms with Gasteiger partial charge in [-0.25, -0.2) is 0 Å². The molecule has 3 heterocycles. The van der Waals surface area contributed by atoms with Gasteiger partial charge in [0.15, 0.2) is 5.58 Å². The Morgan fingerprint density at radius 1 is 1.31 bits per heavy atom. The highest BCUT2D eigenvalue weighted by Crippen LogP contribution is 2.27. The van der Waals surface area contributed by atoms with E-state index in [1.165, 1.54) is 0 Å². The van der Waals surface area contributed by atoms with Gasteiger partial charge in [-0.2, -0.15) is 0 Å². The molecule has 29 heavy (non-hydrogen) atoms. The first-order valence-electron chi connectivity index (χ1n) is 9.35. The van der Waals surface area contributed by atoms with Crippen molar-refractivity contribution < 1.29 is 9.21 Å². The molecular weight excluding hydrogens is 388 g/mol. The Balaban J connectivity index is 1.64. The summed E-state index contributed by atoms with van der Waals surface area (Å²) < 4.78 is 5.37. The van der Waals surface area contributed by atoms with Gasteiger partial charge in [-0.15, -0.1) is 0 Å². The van der Waals surface area contributed by atoms with Crippen molar-refractivity contribution in [3.63, 3.8) is 0 Å². The average Bonchev–Trinajstić information content (AvgIpc) is 3.19. The zero-order chi connectivity index (χ0) is 20.5. The van der Waals surface area contributed by atoms with Crippen LogP contribution < -0.4 is 5.73 Å². The third kappa shape index (κ3) is 3.51. The summed E-state index contributed by atoms with van der Waals surface area (Å²) in [6.45, 7) is 2.46. The third-order valence-corrected chi connectivity index (χ3v) is 5.52. The number of hydrogen-bond acceptors (Lipinski definition) is 5. The Labute approximate surface area is 173 Å². The highest BCUT2D eigenvalue weighted by Gasteiger charge is 2.31. The predicted octanol–water partition coefficient (Wildman–Crippen LogP) is 4.05. The van der Waals surface area contributed by atoms with E-state index >= 15 is 0 Å². The lowest BCUT2D eigenvalue weighted by atomic mass is 9.91. The topological polar surface area (TPSA) is 84.7 Å². The van der Waals surface area contributed by atoms with Crippen LogP contribution in [0.2, 0.25) is 5.02 Å². The molecular formula is C22H21ClN4O2. The van der Waals surface area contributed by atoms with Crippen molar-refractivity contribution in [3.8, 4) is 0 Å². The van der Waals surface area contributed by atoms with E-state index in [-0.39, 0.29) is 11.9 Å². The minimum Gasteiger partial charge on any atom is -0.463 e. The molecule has 0 saturated heterocycles. The second-order valence-corrected chi connectivity index (χ2v) is 7.41. The molecule has 1 aliphatic heterocycles. The van der Waals surface area contributed by atoms with Gasteiger partial charge in [-0.1, -0.05) is 23.7 Å². The quantitative estimate of drug-likeness (QED) is 0.662. The number of rotatable bonds is 3. The molecule has 3 aromatic rings. The van der Waals surface area contributed by atoms with Crippen molar-refractivity contribution in [2.24, 2.45) is 10.7 Å². The van der Waals surface area contributed by atoms with E-state index < -0.39 is 0 Å². The lowest BCUT2D eigenvalue weighted by molar-refractivity contribution is 0.0706. The minimum absolute atomic E-state index is 0.122. The van der Waals surface area contributed by atoms with Gasteiger partial charge in [0, 0.05) is 47.7 Å². The number of furan rings is 1. The molecule has 4 rings (SSSR count). The molecule has 6 nitrogen and oxygen atoms in total. The third-order valence-electron chi connectivity index (χ3n) is 5.29. The van der Waals surface area contributed by atoms with Gasteiger partial charge in [0.25, 0.3) is 5.91 Å². The van der Waals surface area contributed by atoms with Crippen molar-refractivity contribution in [2.45, 2.75) is 19.4 Å². The second kappa shape index (κ2) is 7.72. The first-order valence-corrected chi connectivity index (χ1v) is 9.73. The van der Waals surface area contributed by atoms with Crippen molar-refractivity contribution in [3.05, 3.63) is 76.3 Å². The van der Waals surface area contributed by atoms with Crippen LogP contribution in [-0.2, 0) is 0 Å². The Bertz CT molecular complexity index is 1150. The second-order valence-electron chi connectivity index (χ2n) is 6.97. The molecule has 0 unspecified atom stereocenters. The number of aromatic nitrogens is 1. The van der Waals surface area contributed by atoms with Crippen LogP contribution in [0.15, 0.2) is 69.5 Å². The zero-order valence-corrected chi connectivity index (χ0v) is 17.0. The molecule has 0 spiro atoms. The Hall–Kier alpha value is -3.12. The average molecular weight is 409 g/mol. The number of benzene rings is 1. The van der Waals surface area contributed by atoms with Crippen LogP contribution in [0.25, 0.3) is 11.1 Å². The van der Waals surface area contributed by atoms with Gasteiger partial charge in [-0.3, -0.25) is 14.8 Å². The lowest BCUT2D eigenvalue weighted by Crippen LogP contribution is -2.46. The van der Waals surface area contributed by atoms with Gasteiger partial charge in [0.1, 0.15) is 5.52 Å². The number of fused-ring (bicyclic) bond motifs is 1. The van der Waals surface area contributed by atoms with Gasteiger partial charge in [-0.05, 0) is 31.5 Å². The van der Waals surface area contributed by atoms with Crippen molar-refractivity contribution in [1.82, 2.24) is 9.88 Å². The highest BCUT2D eigenvalue weighted by atomic mass is 35.5. The van der Waals surface area contributed by atoms with Crippen LogP contribution >= 0.6 is 11.6 Å². The number of nitrogens with zero attached hydrogens (tertiary/aromatic N) is 3. The standard InChI is InChI=1S/C22H21ClN4O2/c1-13-20(24)17(21(25-2)14-4-3-5-16(23)10-14)6-8-27(13)22(28)15-11-19-18(26-12-15)7-9-29-19/h3-5,7,9-13H,6,8,24H2,1-2H3/t13-/m1/s1. The maximum Gasteiger partial charge on any atom is 0.256 e.